The fraction of sp³-hybridized carbons (Fsp3) is 0.344. The van der Waals surface area contributed by atoms with E-state index in [2.05, 4.69) is 41.3 Å². The zero-order valence-electron chi connectivity index (χ0n) is 25.2. The Balaban J connectivity index is 1.45. The molecule has 12 heteroatoms. The maximum absolute atomic E-state index is 15.3. The van der Waals surface area contributed by atoms with E-state index in [4.69, 9.17) is 14.2 Å². The number of pyridine rings is 1. The number of nitriles is 1. The molecule has 0 spiro atoms. The number of ether oxygens (including phenoxy) is 3. The molecule has 2 N–H and O–H groups in total. The van der Waals surface area contributed by atoms with Crippen molar-refractivity contribution in [2.45, 2.75) is 39.3 Å². The van der Waals surface area contributed by atoms with Crippen molar-refractivity contribution < 1.29 is 27.8 Å². The van der Waals surface area contributed by atoms with Gasteiger partial charge in [-0.3, -0.25) is 0 Å². The van der Waals surface area contributed by atoms with E-state index in [1.807, 2.05) is 19.2 Å². The molecule has 44 heavy (non-hydrogen) atoms. The molecule has 4 aromatic rings. The summed E-state index contributed by atoms with van der Waals surface area (Å²) in [5.74, 6) is -2.50. The maximum atomic E-state index is 15.3. The zero-order chi connectivity index (χ0) is 31.5. The minimum absolute atomic E-state index is 0.0648. The number of anilines is 1. The average molecular weight is 620 g/mol. The van der Waals surface area contributed by atoms with Crippen LogP contribution in [0.15, 0.2) is 54.9 Å². The highest BCUT2D eigenvalue weighted by Crippen LogP contribution is 2.40. The predicted octanol–water partition coefficient (Wildman–Crippen LogP) is 7.12. The summed E-state index contributed by atoms with van der Waals surface area (Å²) < 4.78 is 49.4. The highest BCUT2D eigenvalue weighted by molar-refractivity contribution is 6.76. The van der Waals surface area contributed by atoms with E-state index in [-0.39, 0.29) is 23.6 Å². The number of rotatable bonds is 11. The third-order valence-corrected chi connectivity index (χ3v) is 9.03. The second kappa shape index (κ2) is 12.7. The second-order valence-corrected chi connectivity index (χ2v) is 18.1. The molecule has 3 heterocycles. The molecule has 230 valence electrons. The molecular formula is C32H35F2N5O4Si. The zero-order valence-corrected chi connectivity index (χ0v) is 26.2. The lowest BCUT2D eigenvalue weighted by Gasteiger charge is -2.37. The summed E-state index contributed by atoms with van der Waals surface area (Å²) in [6.07, 6.45) is 3.30. The van der Waals surface area contributed by atoms with E-state index >= 15 is 8.78 Å². The number of urea groups is 1. The van der Waals surface area contributed by atoms with Crippen molar-refractivity contribution in [1.82, 2.24) is 14.9 Å². The van der Waals surface area contributed by atoms with Crippen molar-refractivity contribution >= 4 is 30.8 Å². The number of benzene rings is 2. The van der Waals surface area contributed by atoms with Crippen LogP contribution in [-0.2, 0) is 16.2 Å². The van der Waals surface area contributed by atoms with E-state index in [0.717, 1.165) is 18.2 Å². The lowest BCUT2D eigenvalue weighted by atomic mass is 9.89. The van der Waals surface area contributed by atoms with Crippen LogP contribution < -0.4 is 15.4 Å². The smallest absolute Gasteiger partial charge is 0.319 e. The summed E-state index contributed by atoms with van der Waals surface area (Å²) in [5, 5.41) is 15.4. The van der Waals surface area contributed by atoms with Crippen LogP contribution in [0.25, 0.3) is 22.2 Å². The number of hydrogen-bond acceptors (Lipinski definition) is 6. The van der Waals surface area contributed by atoms with Crippen molar-refractivity contribution in [3.8, 4) is 28.7 Å². The second-order valence-electron chi connectivity index (χ2n) is 12.5. The number of fused-ring (bicyclic) bond motifs is 1. The van der Waals surface area contributed by atoms with Crippen molar-refractivity contribution in [3.63, 3.8) is 0 Å². The molecule has 2 amide bonds. The molecule has 0 unspecified atom stereocenters. The number of carbonyl (C=O) groups is 1. The van der Waals surface area contributed by atoms with Gasteiger partial charge in [-0.25, -0.2) is 18.6 Å². The highest BCUT2D eigenvalue weighted by Gasteiger charge is 2.33. The topological polar surface area (TPSA) is 110 Å². The molecule has 2 aromatic carbocycles. The van der Waals surface area contributed by atoms with Crippen LogP contribution in [0, 0.1) is 28.4 Å². The summed E-state index contributed by atoms with van der Waals surface area (Å²) in [7, 11) is -1.30. The Kier molecular flexibility index (Phi) is 9.01. The van der Waals surface area contributed by atoms with Crippen LogP contribution in [-0.4, -0.2) is 50.0 Å². The van der Waals surface area contributed by atoms with Gasteiger partial charge in [-0.2, -0.15) is 5.26 Å². The molecule has 0 atom stereocenters. The molecule has 9 nitrogen and oxygen atoms in total. The van der Waals surface area contributed by atoms with Crippen LogP contribution in [0.5, 0.6) is 11.5 Å². The van der Waals surface area contributed by atoms with Crippen LogP contribution in [0.4, 0.5) is 19.3 Å². The Morgan fingerprint density at radius 1 is 1.16 bits per heavy atom. The van der Waals surface area contributed by atoms with E-state index in [1.165, 1.54) is 12.3 Å². The standard InChI is InChI=1S/C32H35F2N5O4Si/c1-32(18-42-19-32)17-37-31(40)38-22-13-25(33)29(26(34)14-22)43-27-9-10-36-30-28(27)24(23-8-6-5-7-21(23)15-35)16-39(30)20-41-11-12-44(2,3)4/h5-10,13-14,16H,11-12,17-20H2,1-4H3,(H2,37,38,40). The summed E-state index contributed by atoms with van der Waals surface area (Å²) in [6, 6.07) is 13.2. The fourth-order valence-electron chi connectivity index (χ4n) is 4.79. The van der Waals surface area contributed by atoms with Crippen molar-refractivity contribution in [3.05, 3.63) is 72.1 Å². The van der Waals surface area contributed by atoms with E-state index < -0.39 is 31.5 Å². The number of halogens is 2. The third kappa shape index (κ3) is 7.07. The lowest BCUT2D eigenvalue weighted by molar-refractivity contribution is -0.0974. The van der Waals surface area contributed by atoms with Gasteiger partial charge in [-0.1, -0.05) is 44.8 Å². The number of aromatic nitrogens is 2. The summed E-state index contributed by atoms with van der Waals surface area (Å²) in [5.41, 5.74) is 1.89. The summed E-state index contributed by atoms with van der Waals surface area (Å²) in [4.78, 5) is 16.9. The molecule has 5 rings (SSSR count). The summed E-state index contributed by atoms with van der Waals surface area (Å²) in [6.45, 7) is 11.0. The average Bonchev–Trinajstić information content (AvgIpc) is 3.33. The lowest BCUT2D eigenvalue weighted by Crippen LogP contribution is -2.49. The van der Waals surface area contributed by atoms with E-state index in [0.29, 0.717) is 54.1 Å². The Morgan fingerprint density at radius 3 is 2.55 bits per heavy atom. The molecule has 1 fully saturated rings. The Morgan fingerprint density at radius 2 is 1.89 bits per heavy atom. The van der Waals surface area contributed by atoms with Crippen molar-refractivity contribution in [1.29, 1.82) is 5.26 Å². The van der Waals surface area contributed by atoms with Gasteiger partial charge in [0.1, 0.15) is 18.1 Å². The first-order valence-corrected chi connectivity index (χ1v) is 18.0. The van der Waals surface area contributed by atoms with Crippen molar-refractivity contribution in [2.24, 2.45) is 5.41 Å². The first-order chi connectivity index (χ1) is 21.0. The Labute approximate surface area is 255 Å². The molecule has 0 radical (unpaired) electrons. The minimum atomic E-state index is -1.30. The first-order valence-electron chi connectivity index (χ1n) is 14.3. The highest BCUT2D eigenvalue weighted by atomic mass is 28.3. The molecular weight excluding hydrogens is 584 g/mol. The van der Waals surface area contributed by atoms with Gasteiger partial charge in [0.2, 0.25) is 0 Å². The van der Waals surface area contributed by atoms with Gasteiger partial charge >= 0.3 is 6.03 Å². The van der Waals surface area contributed by atoms with Gasteiger partial charge < -0.3 is 29.4 Å². The van der Waals surface area contributed by atoms with E-state index in [9.17, 15) is 10.1 Å². The van der Waals surface area contributed by atoms with E-state index in [1.54, 1.807) is 22.8 Å². The van der Waals surface area contributed by atoms with Crippen LogP contribution in [0.3, 0.4) is 0 Å². The molecule has 2 aromatic heterocycles. The van der Waals surface area contributed by atoms with Crippen LogP contribution in [0.1, 0.15) is 12.5 Å². The number of hydrogen-bond donors (Lipinski definition) is 2. The molecule has 1 saturated heterocycles. The largest absolute Gasteiger partial charge is 0.450 e. The monoisotopic (exact) mass is 619 g/mol. The van der Waals surface area contributed by atoms with Gasteiger partial charge in [-0.15, -0.1) is 0 Å². The SMILES string of the molecule is CC1(CNC(=O)Nc2cc(F)c(Oc3ccnc4c3c(-c3ccccc3C#N)cn4COCC[Si](C)(C)C)c(F)c2)COC1. The normalized spacial score (nSPS) is 14.1. The van der Waals surface area contributed by atoms with Gasteiger partial charge in [0.15, 0.2) is 17.4 Å². The number of carbonyl (C=O) groups excluding carboxylic acids is 1. The number of nitrogens with zero attached hydrogens (tertiary/aromatic N) is 3. The molecule has 0 saturated carbocycles. The molecule has 1 aliphatic rings. The third-order valence-electron chi connectivity index (χ3n) is 7.33. The molecule has 0 aliphatic carbocycles. The summed E-state index contributed by atoms with van der Waals surface area (Å²) >= 11 is 0. The molecule has 1 aliphatic heterocycles. The van der Waals surface area contributed by atoms with Gasteiger partial charge in [0.05, 0.1) is 30.2 Å². The van der Waals surface area contributed by atoms with Crippen LogP contribution in [0.2, 0.25) is 25.7 Å². The van der Waals surface area contributed by atoms with Gasteiger partial charge in [0, 0.05) is 68.0 Å². The Bertz CT molecular complexity index is 1700. The van der Waals surface area contributed by atoms with Gasteiger partial charge in [-0.05, 0) is 18.2 Å². The van der Waals surface area contributed by atoms with Gasteiger partial charge in [0.25, 0.3) is 0 Å². The fourth-order valence-corrected chi connectivity index (χ4v) is 5.55. The minimum Gasteiger partial charge on any atom is -0.450 e. The van der Waals surface area contributed by atoms with Crippen molar-refractivity contribution in [2.75, 3.05) is 31.7 Å². The maximum Gasteiger partial charge on any atom is 0.319 e. The number of amides is 2. The number of nitrogens with one attached hydrogen (secondary N) is 2. The van der Waals surface area contributed by atoms with Crippen LogP contribution >= 0.6 is 0 Å². The molecule has 0 bridgehead atoms. The Hall–Kier alpha value is -4.31. The predicted molar refractivity (Wildman–Crippen MR) is 166 cm³/mol. The first kappa shape index (κ1) is 31.1. The quantitative estimate of drug-likeness (QED) is 0.137.